The fourth-order valence-corrected chi connectivity index (χ4v) is 7.17. The van der Waals surface area contributed by atoms with Gasteiger partial charge < -0.3 is 8.83 Å². The predicted octanol–water partition coefficient (Wildman–Crippen LogP) is 8.82. The van der Waals surface area contributed by atoms with E-state index in [1.54, 1.807) is 0 Å². The summed E-state index contributed by atoms with van der Waals surface area (Å²) in [5, 5.41) is 18.1. The van der Waals surface area contributed by atoms with Gasteiger partial charge in [-0.3, -0.25) is 0 Å². The lowest BCUT2D eigenvalue weighted by Crippen LogP contribution is -2.14. The van der Waals surface area contributed by atoms with Crippen LogP contribution in [0.5, 0.6) is 0 Å². The Morgan fingerprint density at radius 2 is 0.917 bits per heavy atom. The number of aromatic nitrogens is 4. The average Bonchev–Trinajstić information content (AvgIpc) is 3.62. The first-order chi connectivity index (χ1) is 17.7. The van der Waals surface area contributed by atoms with Crippen molar-refractivity contribution in [2.75, 3.05) is 0 Å². The second-order valence-electron chi connectivity index (χ2n) is 12.2. The van der Waals surface area contributed by atoms with E-state index < -0.39 is 0 Å². The van der Waals surface area contributed by atoms with E-state index in [0.717, 1.165) is 61.1 Å². The molecule has 0 aliphatic heterocycles. The van der Waals surface area contributed by atoms with Crippen molar-refractivity contribution in [3.8, 4) is 0 Å². The van der Waals surface area contributed by atoms with E-state index in [1.165, 1.54) is 89.9 Å². The summed E-state index contributed by atoms with van der Waals surface area (Å²) in [7, 11) is 0. The number of hydrogen-bond donors (Lipinski definition) is 0. The second-order valence-corrected chi connectivity index (χ2v) is 12.2. The average molecular weight is 497 g/mol. The van der Waals surface area contributed by atoms with Crippen LogP contribution in [-0.4, -0.2) is 20.4 Å². The first-order valence-corrected chi connectivity index (χ1v) is 15.4. The molecule has 2 heterocycles. The van der Waals surface area contributed by atoms with Crippen molar-refractivity contribution in [2.45, 2.75) is 153 Å². The summed E-state index contributed by atoms with van der Waals surface area (Å²) >= 11 is 0. The topological polar surface area (TPSA) is 77.8 Å². The summed E-state index contributed by atoms with van der Waals surface area (Å²) in [4.78, 5) is 0. The maximum Gasteiger partial charge on any atom is 0.219 e. The Kier molecular flexibility index (Phi) is 9.13. The van der Waals surface area contributed by atoms with Crippen molar-refractivity contribution in [2.24, 2.45) is 11.8 Å². The highest BCUT2D eigenvalue weighted by molar-refractivity contribution is 5.05. The molecular weight excluding hydrogens is 448 g/mol. The minimum Gasteiger partial charge on any atom is -0.425 e. The number of rotatable bonds is 10. The van der Waals surface area contributed by atoms with Gasteiger partial charge in [0.2, 0.25) is 23.6 Å². The van der Waals surface area contributed by atoms with Crippen LogP contribution in [-0.2, 0) is 0 Å². The van der Waals surface area contributed by atoms with E-state index in [0.29, 0.717) is 23.7 Å². The highest BCUT2D eigenvalue weighted by Crippen LogP contribution is 2.43. The van der Waals surface area contributed by atoms with Gasteiger partial charge in [-0.05, 0) is 82.5 Å². The molecule has 3 aliphatic rings. The molecule has 0 radical (unpaired) electrons. The van der Waals surface area contributed by atoms with Gasteiger partial charge in [-0.25, -0.2) is 0 Å². The molecule has 3 aliphatic carbocycles. The number of hydrogen-bond acceptors (Lipinski definition) is 6. The van der Waals surface area contributed by atoms with Crippen LogP contribution in [0.1, 0.15) is 177 Å². The lowest BCUT2D eigenvalue weighted by molar-refractivity contribution is 0.253. The van der Waals surface area contributed by atoms with Gasteiger partial charge in [0, 0.05) is 23.7 Å². The third kappa shape index (κ3) is 6.39. The van der Waals surface area contributed by atoms with Crippen LogP contribution in [0.4, 0.5) is 0 Å². The maximum atomic E-state index is 6.31. The molecule has 200 valence electrons. The van der Waals surface area contributed by atoms with Gasteiger partial charge >= 0.3 is 0 Å². The van der Waals surface area contributed by atoms with Gasteiger partial charge in [-0.15, -0.1) is 20.4 Å². The molecule has 2 unspecified atom stereocenters. The molecule has 2 aromatic heterocycles. The Morgan fingerprint density at radius 3 is 1.31 bits per heavy atom. The standard InChI is InChI=1S/C30H48N4O2/c1-3-5-8-21-12-16-23(17-13-21)27-31-33-29(35-27)25-10-7-11-26(20-25)30-34-32-28(36-30)24-18-14-22(15-19-24)9-6-4-2/h21-26H,3-20H2,1-2H3. The van der Waals surface area contributed by atoms with Gasteiger partial charge in [-0.2, -0.15) is 0 Å². The van der Waals surface area contributed by atoms with Gasteiger partial charge in [-0.1, -0.05) is 58.8 Å². The monoisotopic (exact) mass is 496 g/mol. The largest absolute Gasteiger partial charge is 0.425 e. The summed E-state index contributed by atoms with van der Waals surface area (Å²) in [5.41, 5.74) is 0. The van der Waals surface area contributed by atoms with Crippen LogP contribution in [0.3, 0.4) is 0 Å². The molecule has 6 heteroatoms. The number of nitrogens with zero attached hydrogens (tertiary/aromatic N) is 4. The summed E-state index contributed by atoms with van der Waals surface area (Å²) in [6, 6.07) is 0. The molecule has 3 fully saturated rings. The Bertz CT molecular complexity index is 835. The zero-order valence-electron chi connectivity index (χ0n) is 22.8. The van der Waals surface area contributed by atoms with Gasteiger partial charge in [0.05, 0.1) is 0 Å². The van der Waals surface area contributed by atoms with Gasteiger partial charge in [0.25, 0.3) is 0 Å². The van der Waals surface area contributed by atoms with Crippen LogP contribution < -0.4 is 0 Å². The van der Waals surface area contributed by atoms with Crippen molar-refractivity contribution in [1.82, 2.24) is 20.4 Å². The minimum atomic E-state index is 0.315. The van der Waals surface area contributed by atoms with E-state index in [4.69, 9.17) is 8.83 Å². The first-order valence-electron chi connectivity index (χ1n) is 15.4. The molecule has 3 saturated carbocycles. The van der Waals surface area contributed by atoms with Crippen LogP contribution in [0.25, 0.3) is 0 Å². The maximum absolute atomic E-state index is 6.31. The van der Waals surface area contributed by atoms with E-state index in [2.05, 4.69) is 34.2 Å². The summed E-state index contributed by atoms with van der Waals surface area (Å²) in [6.07, 6.45) is 22.5. The Hall–Kier alpha value is -1.72. The van der Waals surface area contributed by atoms with Crippen LogP contribution >= 0.6 is 0 Å². The van der Waals surface area contributed by atoms with Crippen LogP contribution in [0.2, 0.25) is 0 Å². The van der Waals surface area contributed by atoms with Crippen molar-refractivity contribution in [3.05, 3.63) is 23.6 Å². The van der Waals surface area contributed by atoms with Crippen molar-refractivity contribution < 1.29 is 8.83 Å². The Balaban J connectivity index is 1.13. The number of unbranched alkanes of at least 4 members (excludes halogenated alkanes) is 2. The van der Waals surface area contributed by atoms with Crippen LogP contribution in [0.15, 0.2) is 8.83 Å². The normalized spacial score (nSPS) is 31.5. The summed E-state index contributed by atoms with van der Waals surface area (Å²) in [6.45, 7) is 4.58. The highest BCUT2D eigenvalue weighted by atomic mass is 16.4. The summed E-state index contributed by atoms with van der Waals surface area (Å²) < 4.78 is 12.6. The highest BCUT2D eigenvalue weighted by Gasteiger charge is 2.34. The Morgan fingerprint density at radius 1 is 0.528 bits per heavy atom. The molecule has 6 nitrogen and oxygen atoms in total. The van der Waals surface area contributed by atoms with E-state index in [-0.39, 0.29) is 0 Å². The van der Waals surface area contributed by atoms with Crippen LogP contribution in [0, 0.1) is 11.8 Å². The second kappa shape index (κ2) is 12.7. The van der Waals surface area contributed by atoms with Gasteiger partial charge in [0.1, 0.15) is 0 Å². The third-order valence-electron chi connectivity index (χ3n) is 9.61. The fourth-order valence-electron chi connectivity index (χ4n) is 7.17. The minimum absolute atomic E-state index is 0.315. The van der Waals surface area contributed by atoms with Crippen molar-refractivity contribution >= 4 is 0 Å². The molecule has 36 heavy (non-hydrogen) atoms. The molecule has 5 rings (SSSR count). The zero-order valence-corrected chi connectivity index (χ0v) is 22.8. The quantitative estimate of drug-likeness (QED) is 0.327. The fraction of sp³-hybridized carbons (Fsp3) is 0.867. The lowest BCUT2D eigenvalue weighted by atomic mass is 9.79. The molecule has 0 N–H and O–H groups in total. The zero-order chi connectivity index (χ0) is 24.7. The molecule has 0 aromatic carbocycles. The summed E-state index contributed by atoms with van der Waals surface area (Å²) in [5.74, 6) is 6.80. The predicted molar refractivity (Wildman–Crippen MR) is 141 cm³/mol. The smallest absolute Gasteiger partial charge is 0.219 e. The molecule has 0 amide bonds. The molecule has 0 bridgehead atoms. The van der Waals surface area contributed by atoms with E-state index in [1.807, 2.05) is 0 Å². The molecular formula is C30H48N4O2. The lowest BCUT2D eigenvalue weighted by Gasteiger charge is -2.27. The van der Waals surface area contributed by atoms with Gasteiger partial charge in [0.15, 0.2) is 0 Å². The molecule has 0 spiro atoms. The molecule has 2 aromatic rings. The molecule has 0 saturated heterocycles. The van der Waals surface area contributed by atoms with E-state index in [9.17, 15) is 0 Å². The Labute approximate surface area is 217 Å². The van der Waals surface area contributed by atoms with E-state index >= 15 is 0 Å². The van der Waals surface area contributed by atoms with Crippen molar-refractivity contribution in [1.29, 1.82) is 0 Å². The first kappa shape index (κ1) is 25.9. The third-order valence-corrected chi connectivity index (χ3v) is 9.61. The van der Waals surface area contributed by atoms with Crippen molar-refractivity contribution in [3.63, 3.8) is 0 Å². The molecule has 2 atom stereocenters. The SMILES string of the molecule is CCCCC1CCC(c2nnc(C3CCCC(c4nnc(C5CCC(CCCC)CC5)o4)C3)o2)CC1.